The number of ketones is 1. The molecule has 1 fully saturated rings. The summed E-state index contributed by atoms with van der Waals surface area (Å²) in [5.74, 6) is -5.51. The van der Waals surface area contributed by atoms with Gasteiger partial charge in [-0.05, 0) is 37.3 Å². The number of carbonyl (C=O) groups is 1. The summed E-state index contributed by atoms with van der Waals surface area (Å²) in [6.45, 7) is 3.98. The molecule has 38 heavy (non-hydrogen) atoms. The van der Waals surface area contributed by atoms with Crippen molar-refractivity contribution in [3.8, 4) is 0 Å². The quantitative estimate of drug-likeness (QED) is 0.288. The van der Waals surface area contributed by atoms with Gasteiger partial charge >= 0.3 is 0 Å². The molecule has 0 atom stereocenters. The van der Waals surface area contributed by atoms with Crippen LogP contribution < -0.4 is 9.62 Å². The summed E-state index contributed by atoms with van der Waals surface area (Å²) in [5, 5.41) is 0. The molecule has 1 saturated heterocycles. The summed E-state index contributed by atoms with van der Waals surface area (Å²) in [6.07, 6.45) is 1.58. The molecule has 1 aromatic heterocycles. The lowest BCUT2D eigenvalue weighted by molar-refractivity contribution is 0.103. The Labute approximate surface area is 216 Å². The summed E-state index contributed by atoms with van der Waals surface area (Å²) in [7, 11) is -4.36. The Balaban J connectivity index is 1.51. The highest BCUT2D eigenvalue weighted by atomic mass is 32.2. The van der Waals surface area contributed by atoms with Crippen molar-refractivity contribution in [1.82, 2.24) is 9.97 Å². The van der Waals surface area contributed by atoms with Crippen LogP contribution in [0.4, 0.5) is 24.7 Å². The number of sulfonamides is 1. The molecule has 5 rings (SSSR count). The topological polar surface area (TPSA) is 101 Å². The van der Waals surface area contributed by atoms with Gasteiger partial charge in [0, 0.05) is 24.7 Å². The highest BCUT2D eigenvalue weighted by Gasteiger charge is 2.28. The molecule has 196 valence electrons. The standard InChI is InChI=1S/C26H21F3N4O4S/c1-15-2-5-17(6-3-15)38(35,36)32-21-13-18(27)24(28)23(25(21)29)26(34)16-4-7-19-20(12-16)31-22(14-30-19)33-8-10-37-11-9-33/h2-7,12-14,32H,8-11H2,1H3. The number of hydrogen-bond acceptors (Lipinski definition) is 7. The summed E-state index contributed by atoms with van der Waals surface area (Å²) in [6, 6.07) is 10.0. The van der Waals surface area contributed by atoms with E-state index in [1.165, 1.54) is 42.5 Å². The number of benzene rings is 3. The van der Waals surface area contributed by atoms with Crippen molar-refractivity contribution < 1.29 is 31.1 Å². The van der Waals surface area contributed by atoms with Crippen LogP contribution in [0, 0.1) is 24.4 Å². The van der Waals surface area contributed by atoms with E-state index in [0.717, 1.165) is 5.56 Å². The van der Waals surface area contributed by atoms with Crippen LogP contribution in [-0.4, -0.2) is 50.5 Å². The number of carbonyl (C=O) groups excluding carboxylic acids is 1. The van der Waals surface area contributed by atoms with Crippen LogP contribution >= 0.6 is 0 Å². The molecule has 2 heterocycles. The van der Waals surface area contributed by atoms with Gasteiger partial charge in [0.15, 0.2) is 23.2 Å². The van der Waals surface area contributed by atoms with E-state index in [2.05, 4.69) is 9.97 Å². The number of nitrogens with zero attached hydrogens (tertiary/aromatic N) is 3. The molecule has 0 unspecified atom stereocenters. The van der Waals surface area contributed by atoms with E-state index in [1.807, 2.05) is 9.62 Å². The Bertz CT molecular complexity index is 1660. The second kappa shape index (κ2) is 10.0. The fourth-order valence-electron chi connectivity index (χ4n) is 4.03. The first-order chi connectivity index (χ1) is 18.1. The van der Waals surface area contributed by atoms with Crippen molar-refractivity contribution in [1.29, 1.82) is 0 Å². The highest BCUT2D eigenvalue weighted by molar-refractivity contribution is 7.92. The van der Waals surface area contributed by atoms with Gasteiger partial charge in [-0.15, -0.1) is 0 Å². The zero-order valence-corrected chi connectivity index (χ0v) is 20.9. The minimum atomic E-state index is -4.36. The van der Waals surface area contributed by atoms with Crippen LogP contribution in [0.15, 0.2) is 59.6 Å². The van der Waals surface area contributed by atoms with Crippen molar-refractivity contribution in [2.45, 2.75) is 11.8 Å². The van der Waals surface area contributed by atoms with Crippen LogP contribution in [-0.2, 0) is 14.8 Å². The minimum Gasteiger partial charge on any atom is -0.378 e. The zero-order chi connectivity index (χ0) is 27.0. The van der Waals surface area contributed by atoms with Gasteiger partial charge in [0.05, 0.1) is 46.6 Å². The van der Waals surface area contributed by atoms with E-state index in [4.69, 9.17) is 4.74 Å². The molecule has 1 aliphatic heterocycles. The van der Waals surface area contributed by atoms with Gasteiger partial charge in [-0.25, -0.2) is 26.6 Å². The molecule has 1 aliphatic rings. The predicted molar refractivity (Wildman–Crippen MR) is 134 cm³/mol. The maximum atomic E-state index is 15.4. The number of nitrogens with one attached hydrogen (secondary N) is 1. The Morgan fingerprint density at radius 3 is 2.39 bits per heavy atom. The third-order valence-electron chi connectivity index (χ3n) is 6.09. The maximum Gasteiger partial charge on any atom is 0.261 e. The molecular formula is C26H21F3N4O4S. The average Bonchev–Trinajstić information content (AvgIpc) is 2.91. The van der Waals surface area contributed by atoms with Gasteiger partial charge in [0.1, 0.15) is 5.82 Å². The van der Waals surface area contributed by atoms with Crippen molar-refractivity contribution in [3.05, 3.63) is 88.9 Å². The third kappa shape index (κ3) is 4.92. The van der Waals surface area contributed by atoms with Crippen LogP contribution in [0.2, 0.25) is 0 Å². The van der Waals surface area contributed by atoms with Crippen molar-refractivity contribution >= 4 is 38.3 Å². The molecule has 1 N–H and O–H groups in total. The second-order valence-corrected chi connectivity index (χ2v) is 10.4. The number of morpholine rings is 1. The lowest BCUT2D eigenvalue weighted by atomic mass is 10.0. The number of hydrogen-bond donors (Lipinski definition) is 1. The molecule has 0 amide bonds. The number of aryl methyl sites for hydroxylation is 1. The Kier molecular flexibility index (Phi) is 6.76. The van der Waals surface area contributed by atoms with E-state index in [9.17, 15) is 22.0 Å². The minimum absolute atomic E-state index is 0.179. The first-order valence-corrected chi connectivity index (χ1v) is 13.0. The van der Waals surface area contributed by atoms with E-state index in [1.54, 1.807) is 13.1 Å². The first-order valence-electron chi connectivity index (χ1n) is 11.6. The smallest absolute Gasteiger partial charge is 0.261 e. The number of anilines is 2. The number of ether oxygens (including phenoxy) is 1. The maximum absolute atomic E-state index is 15.4. The van der Waals surface area contributed by atoms with Crippen LogP contribution in [0.3, 0.4) is 0 Å². The molecular weight excluding hydrogens is 521 g/mol. The summed E-state index contributed by atoms with van der Waals surface area (Å²) in [4.78, 5) is 23.8. The van der Waals surface area contributed by atoms with Gasteiger partial charge in [0.2, 0.25) is 0 Å². The molecule has 3 aromatic carbocycles. The van der Waals surface area contributed by atoms with Gasteiger partial charge < -0.3 is 9.64 Å². The summed E-state index contributed by atoms with van der Waals surface area (Å²) >= 11 is 0. The van der Waals surface area contributed by atoms with Crippen molar-refractivity contribution in [2.75, 3.05) is 35.9 Å². The van der Waals surface area contributed by atoms with Crippen LogP contribution in [0.1, 0.15) is 21.5 Å². The average molecular weight is 543 g/mol. The summed E-state index contributed by atoms with van der Waals surface area (Å²) < 4.78 is 77.3. The fourth-order valence-corrected chi connectivity index (χ4v) is 5.08. The van der Waals surface area contributed by atoms with Crippen LogP contribution in [0.25, 0.3) is 11.0 Å². The molecule has 0 aliphatic carbocycles. The third-order valence-corrected chi connectivity index (χ3v) is 7.47. The normalized spacial score (nSPS) is 14.1. The van der Waals surface area contributed by atoms with E-state index in [-0.39, 0.29) is 16.0 Å². The van der Waals surface area contributed by atoms with Gasteiger partial charge in [-0.3, -0.25) is 14.5 Å². The number of aromatic nitrogens is 2. The van der Waals surface area contributed by atoms with Crippen molar-refractivity contribution in [3.63, 3.8) is 0 Å². The van der Waals surface area contributed by atoms with E-state index >= 15 is 4.39 Å². The lowest BCUT2D eigenvalue weighted by Gasteiger charge is -2.27. The Morgan fingerprint density at radius 2 is 1.68 bits per heavy atom. The molecule has 0 bridgehead atoms. The number of rotatable bonds is 6. The molecule has 0 radical (unpaired) electrons. The van der Waals surface area contributed by atoms with E-state index in [0.29, 0.717) is 43.7 Å². The first kappa shape index (κ1) is 25.6. The molecule has 0 saturated carbocycles. The predicted octanol–water partition coefficient (Wildman–Crippen LogP) is 4.22. The Morgan fingerprint density at radius 1 is 0.974 bits per heavy atom. The van der Waals surface area contributed by atoms with Gasteiger partial charge in [-0.2, -0.15) is 0 Å². The SMILES string of the molecule is Cc1ccc(S(=O)(=O)Nc2cc(F)c(F)c(C(=O)c3ccc4ncc(N5CCOCC5)nc4c3)c2F)cc1. The highest BCUT2D eigenvalue weighted by Crippen LogP contribution is 2.29. The fraction of sp³-hybridized carbons (Fsp3) is 0.192. The van der Waals surface area contributed by atoms with E-state index < -0.39 is 44.5 Å². The lowest BCUT2D eigenvalue weighted by Crippen LogP contribution is -2.36. The molecule has 0 spiro atoms. The van der Waals surface area contributed by atoms with Gasteiger partial charge in [0.25, 0.3) is 10.0 Å². The second-order valence-electron chi connectivity index (χ2n) is 8.69. The number of fused-ring (bicyclic) bond motifs is 1. The zero-order valence-electron chi connectivity index (χ0n) is 20.0. The van der Waals surface area contributed by atoms with Crippen LogP contribution in [0.5, 0.6) is 0 Å². The largest absolute Gasteiger partial charge is 0.378 e. The monoisotopic (exact) mass is 542 g/mol. The van der Waals surface area contributed by atoms with Crippen molar-refractivity contribution in [2.24, 2.45) is 0 Å². The molecule has 8 nitrogen and oxygen atoms in total. The molecule has 12 heteroatoms. The summed E-state index contributed by atoms with van der Waals surface area (Å²) in [5.41, 5.74) is -0.802. The number of halogens is 3. The van der Waals surface area contributed by atoms with Gasteiger partial charge in [-0.1, -0.05) is 17.7 Å². The molecule has 4 aromatic rings. The Hall–Kier alpha value is -4.03.